The Morgan fingerprint density at radius 1 is 1.31 bits per heavy atom. The van der Waals surface area contributed by atoms with Crippen LogP contribution >= 0.6 is 15.9 Å². The topological polar surface area (TPSA) is 9.23 Å². The second kappa shape index (κ2) is 6.39. The van der Waals surface area contributed by atoms with Crippen LogP contribution in [0.25, 0.3) is 0 Å². The van der Waals surface area contributed by atoms with Gasteiger partial charge in [0.1, 0.15) is 0 Å². The number of rotatable bonds is 4. The first-order valence-electron chi connectivity index (χ1n) is 6.61. The first kappa shape index (κ1) is 14.5. The van der Waals surface area contributed by atoms with Crippen molar-refractivity contribution >= 4 is 15.9 Å². The minimum absolute atomic E-state index is 0.337. The van der Waals surface area contributed by atoms with Crippen LogP contribution in [0.1, 0.15) is 53.4 Å². The predicted octanol–water partition coefficient (Wildman–Crippen LogP) is 4.64. The Morgan fingerprint density at radius 3 is 2.50 bits per heavy atom. The van der Waals surface area contributed by atoms with Crippen molar-refractivity contribution in [3.8, 4) is 0 Å². The van der Waals surface area contributed by atoms with Crippen molar-refractivity contribution in [3.63, 3.8) is 0 Å². The van der Waals surface area contributed by atoms with Gasteiger partial charge in [-0.05, 0) is 30.1 Å². The maximum atomic E-state index is 6.10. The summed E-state index contributed by atoms with van der Waals surface area (Å²) in [5, 5.41) is 1.04. The largest absolute Gasteiger partial charge is 0.378 e. The summed E-state index contributed by atoms with van der Waals surface area (Å²) in [6.07, 6.45) is 5.79. The molecule has 1 fully saturated rings. The number of ether oxygens (including phenoxy) is 1. The Labute approximate surface area is 109 Å². The van der Waals surface area contributed by atoms with Gasteiger partial charge >= 0.3 is 0 Å². The molecule has 0 radical (unpaired) electrons. The summed E-state index contributed by atoms with van der Waals surface area (Å²) < 4.78 is 6.10. The lowest BCUT2D eigenvalue weighted by Crippen LogP contribution is -2.30. The smallest absolute Gasteiger partial charge is 0.0577 e. The molecule has 2 heteroatoms. The van der Waals surface area contributed by atoms with Gasteiger partial charge in [-0.2, -0.15) is 0 Å². The SMILES string of the molecule is CC1CCCC(OCC(CBr)C(C)(C)C)C1. The number of halogens is 1. The van der Waals surface area contributed by atoms with Gasteiger partial charge in [0.2, 0.25) is 0 Å². The van der Waals surface area contributed by atoms with Gasteiger partial charge in [-0.3, -0.25) is 0 Å². The molecule has 0 aliphatic heterocycles. The average molecular weight is 291 g/mol. The minimum atomic E-state index is 0.337. The van der Waals surface area contributed by atoms with Crippen molar-refractivity contribution in [2.24, 2.45) is 17.3 Å². The van der Waals surface area contributed by atoms with Crippen molar-refractivity contribution in [1.29, 1.82) is 0 Å². The van der Waals surface area contributed by atoms with E-state index < -0.39 is 0 Å². The van der Waals surface area contributed by atoms with Crippen LogP contribution in [0.3, 0.4) is 0 Å². The molecular formula is C14H27BrO. The van der Waals surface area contributed by atoms with E-state index >= 15 is 0 Å². The summed E-state index contributed by atoms with van der Waals surface area (Å²) in [6, 6.07) is 0. The Morgan fingerprint density at radius 2 is 2.00 bits per heavy atom. The molecule has 3 atom stereocenters. The van der Waals surface area contributed by atoms with Crippen LogP contribution in [0.15, 0.2) is 0 Å². The van der Waals surface area contributed by atoms with E-state index in [9.17, 15) is 0 Å². The Kier molecular flexibility index (Phi) is 5.79. The molecule has 0 spiro atoms. The first-order chi connectivity index (χ1) is 7.43. The van der Waals surface area contributed by atoms with Gasteiger partial charge in [0.25, 0.3) is 0 Å². The van der Waals surface area contributed by atoms with E-state index in [1.165, 1.54) is 25.7 Å². The van der Waals surface area contributed by atoms with Crippen molar-refractivity contribution < 1.29 is 4.74 Å². The van der Waals surface area contributed by atoms with Gasteiger partial charge < -0.3 is 4.74 Å². The highest BCUT2D eigenvalue weighted by Gasteiger charge is 2.26. The van der Waals surface area contributed by atoms with E-state index in [0.29, 0.717) is 17.4 Å². The Bertz CT molecular complexity index is 197. The van der Waals surface area contributed by atoms with Crippen LogP contribution in [0, 0.1) is 17.3 Å². The van der Waals surface area contributed by atoms with Crippen LogP contribution < -0.4 is 0 Å². The Hall–Kier alpha value is 0.440. The van der Waals surface area contributed by atoms with E-state index in [4.69, 9.17) is 4.74 Å². The second-order valence-corrected chi connectivity index (χ2v) is 7.09. The molecule has 3 unspecified atom stereocenters. The molecule has 0 bridgehead atoms. The maximum Gasteiger partial charge on any atom is 0.0577 e. The monoisotopic (exact) mass is 290 g/mol. The van der Waals surface area contributed by atoms with Gasteiger partial charge in [-0.15, -0.1) is 0 Å². The zero-order chi connectivity index (χ0) is 12.2. The number of hydrogen-bond acceptors (Lipinski definition) is 1. The molecule has 0 aromatic heterocycles. The molecule has 0 amide bonds. The van der Waals surface area contributed by atoms with Crippen LogP contribution in [0.2, 0.25) is 0 Å². The molecule has 1 saturated carbocycles. The van der Waals surface area contributed by atoms with Gasteiger partial charge in [-0.1, -0.05) is 56.5 Å². The molecule has 1 aliphatic carbocycles. The summed E-state index contributed by atoms with van der Waals surface area (Å²) in [4.78, 5) is 0. The van der Waals surface area contributed by atoms with Crippen molar-refractivity contribution in [2.75, 3.05) is 11.9 Å². The molecule has 0 aromatic carbocycles. The summed E-state index contributed by atoms with van der Waals surface area (Å²) >= 11 is 3.61. The van der Waals surface area contributed by atoms with E-state index in [2.05, 4.69) is 43.6 Å². The molecular weight excluding hydrogens is 264 g/mol. The number of hydrogen-bond donors (Lipinski definition) is 0. The van der Waals surface area contributed by atoms with Crippen LogP contribution in [0.4, 0.5) is 0 Å². The summed E-state index contributed by atoms with van der Waals surface area (Å²) in [7, 11) is 0. The molecule has 1 rings (SSSR count). The van der Waals surface area contributed by atoms with Crippen molar-refractivity contribution in [3.05, 3.63) is 0 Å². The Balaban J connectivity index is 2.32. The van der Waals surface area contributed by atoms with E-state index in [0.717, 1.165) is 17.9 Å². The summed E-state index contributed by atoms with van der Waals surface area (Å²) in [5.74, 6) is 1.47. The lowest BCUT2D eigenvalue weighted by molar-refractivity contribution is -0.0174. The molecule has 0 saturated heterocycles. The lowest BCUT2D eigenvalue weighted by Gasteiger charge is -2.33. The highest BCUT2D eigenvalue weighted by atomic mass is 79.9. The predicted molar refractivity (Wildman–Crippen MR) is 74.1 cm³/mol. The van der Waals surface area contributed by atoms with E-state index in [1.54, 1.807) is 0 Å². The molecule has 0 N–H and O–H groups in total. The zero-order valence-electron chi connectivity index (χ0n) is 11.3. The van der Waals surface area contributed by atoms with Gasteiger partial charge in [0.15, 0.2) is 0 Å². The fourth-order valence-corrected chi connectivity index (χ4v) is 3.47. The fourth-order valence-electron chi connectivity index (χ4n) is 2.31. The third-order valence-corrected chi connectivity index (χ3v) is 4.61. The van der Waals surface area contributed by atoms with Gasteiger partial charge in [0.05, 0.1) is 12.7 Å². The second-order valence-electron chi connectivity index (χ2n) is 6.44. The van der Waals surface area contributed by atoms with Gasteiger partial charge in [-0.25, -0.2) is 0 Å². The van der Waals surface area contributed by atoms with Crippen LogP contribution in [0.5, 0.6) is 0 Å². The standard InChI is InChI=1S/C14H27BrO/c1-11-6-5-7-13(8-11)16-10-12(9-15)14(2,3)4/h11-13H,5-10H2,1-4H3. The third kappa shape index (κ3) is 4.75. The molecule has 0 aromatic rings. The van der Waals surface area contributed by atoms with Crippen molar-refractivity contribution in [1.82, 2.24) is 0 Å². The molecule has 16 heavy (non-hydrogen) atoms. The van der Waals surface area contributed by atoms with E-state index in [-0.39, 0.29) is 0 Å². The first-order valence-corrected chi connectivity index (χ1v) is 7.73. The van der Waals surface area contributed by atoms with Gasteiger partial charge in [0, 0.05) is 5.33 Å². The molecule has 96 valence electrons. The molecule has 1 aliphatic rings. The average Bonchev–Trinajstić information content (AvgIpc) is 2.16. The van der Waals surface area contributed by atoms with Crippen LogP contribution in [-0.4, -0.2) is 18.0 Å². The van der Waals surface area contributed by atoms with Crippen molar-refractivity contribution in [2.45, 2.75) is 59.5 Å². The highest BCUT2D eigenvalue weighted by Crippen LogP contribution is 2.30. The minimum Gasteiger partial charge on any atom is -0.378 e. The molecule has 0 heterocycles. The maximum absolute atomic E-state index is 6.10. The molecule has 1 nitrogen and oxygen atoms in total. The normalized spacial score (nSPS) is 29.1. The third-order valence-electron chi connectivity index (χ3n) is 3.83. The highest BCUT2D eigenvalue weighted by molar-refractivity contribution is 9.09. The summed E-state index contributed by atoms with van der Waals surface area (Å²) in [5.41, 5.74) is 0.337. The fraction of sp³-hybridized carbons (Fsp3) is 1.00. The summed E-state index contributed by atoms with van der Waals surface area (Å²) in [6.45, 7) is 10.1. The zero-order valence-corrected chi connectivity index (χ0v) is 12.8. The number of alkyl halides is 1. The van der Waals surface area contributed by atoms with Crippen LogP contribution in [-0.2, 0) is 4.74 Å². The lowest BCUT2D eigenvalue weighted by atomic mass is 9.82. The van der Waals surface area contributed by atoms with E-state index in [1.807, 2.05) is 0 Å². The quantitative estimate of drug-likeness (QED) is 0.686.